The summed E-state index contributed by atoms with van der Waals surface area (Å²) in [5.74, 6) is -1.25. The van der Waals surface area contributed by atoms with Crippen LogP contribution in [0.4, 0.5) is 0 Å². The lowest BCUT2D eigenvalue weighted by molar-refractivity contribution is -0.143. The van der Waals surface area contributed by atoms with E-state index in [2.05, 4.69) is 10.3 Å². The summed E-state index contributed by atoms with van der Waals surface area (Å²) in [6.07, 6.45) is 2.97. The van der Waals surface area contributed by atoms with Crippen molar-refractivity contribution >= 4 is 46.4 Å². The van der Waals surface area contributed by atoms with E-state index in [-0.39, 0.29) is 0 Å². The topological polar surface area (TPSA) is 99.9 Å². The number of para-hydroxylation sites is 2. The first-order chi connectivity index (χ1) is 19.0. The molecule has 9 heteroatoms. The number of carbonyl (C=O) groups excluding carboxylic acids is 1. The predicted octanol–water partition coefficient (Wildman–Crippen LogP) is 6.25. The van der Waals surface area contributed by atoms with Crippen molar-refractivity contribution in [2.45, 2.75) is 31.1 Å². The summed E-state index contributed by atoms with van der Waals surface area (Å²) < 4.78 is 35.5. The Morgan fingerprint density at radius 3 is 2.51 bits per heavy atom. The second-order valence-electron chi connectivity index (χ2n) is 9.33. The first kappa shape index (κ1) is 27.0. The van der Waals surface area contributed by atoms with Crippen LogP contribution in [0, 0.1) is 0 Å². The number of hydrogen-bond donors (Lipinski definition) is 1. The zero-order valence-electron chi connectivity index (χ0n) is 22.1. The van der Waals surface area contributed by atoms with Gasteiger partial charge in [0.25, 0.3) is 0 Å². The highest BCUT2D eigenvalue weighted by atomic mass is 31.2. The van der Waals surface area contributed by atoms with Crippen LogP contribution in [-0.4, -0.2) is 44.1 Å². The second-order valence-corrected chi connectivity index (χ2v) is 11.8. The Labute approximate surface area is 226 Å². The lowest BCUT2D eigenvalue weighted by Gasteiger charge is -2.29. The van der Waals surface area contributed by atoms with E-state index in [0.29, 0.717) is 19.3 Å². The fourth-order valence-electron chi connectivity index (χ4n) is 5.04. The lowest BCUT2D eigenvalue weighted by atomic mass is 10.0. The van der Waals surface area contributed by atoms with Gasteiger partial charge < -0.3 is 18.2 Å². The van der Waals surface area contributed by atoms with Crippen molar-refractivity contribution in [3.8, 4) is 0 Å². The van der Waals surface area contributed by atoms with Gasteiger partial charge in [-0.3, -0.25) is 19.7 Å². The van der Waals surface area contributed by atoms with Crippen molar-refractivity contribution < 1.29 is 27.6 Å². The SMILES string of the molecule is COC(=O)[C@H](Cc1ccc2c(c1)oc1ccccc12)N[C@H](CCc1cccc2cccnc12)P(=O)(OC)OC. The summed E-state index contributed by atoms with van der Waals surface area (Å²) in [6, 6.07) is 22.8. The third-order valence-corrected chi connectivity index (χ3v) is 9.24. The van der Waals surface area contributed by atoms with Crippen LogP contribution in [0.15, 0.2) is 83.4 Å². The summed E-state index contributed by atoms with van der Waals surface area (Å²) in [6.45, 7) is 0. The van der Waals surface area contributed by atoms with Crippen LogP contribution < -0.4 is 5.32 Å². The first-order valence-electron chi connectivity index (χ1n) is 12.7. The molecule has 0 aliphatic rings. The maximum atomic E-state index is 13.6. The normalized spacial score (nSPS) is 13.6. The largest absolute Gasteiger partial charge is 0.468 e. The number of ether oxygens (including phenoxy) is 1. The van der Waals surface area contributed by atoms with Crippen molar-refractivity contribution in [2.75, 3.05) is 21.3 Å². The number of carbonyl (C=O) groups is 1. The van der Waals surface area contributed by atoms with Crippen LogP contribution in [0.1, 0.15) is 17.5 Å². The molecular weight excluding hydrogens is 515 g/mol. The minimum Gasteiger partial charge on any atom is -0.468 e. The molecule has 2 heterocycles. The van der Waals surface area contributed by atoms with Gasteiger partial charge in [0.15, 0.2) is 0 Å². The minimum absolute atomic E-state index is 0.291. The number of methoxy groups -OCH3 is 1. The number of aryl methyl sites for hydroxylation is 1. The predicted molar refractivity (Wildman–Crippen MR) is 152 cm³/mol. The Balaban J connectivity index is 1.42. The first-order valence-corrected chi connectivity index (χ1v) is 14.3. The molecule has 5 aromatic rings. The van der Waals surface area contributed by atoms with Crippen LogP contribution in [0.2, 0.25) is 0 Å². The number of pyridine rings is 1. The number of esters is 1. The van der Waals surface area contributed by atoms with E-state index in [9.17, 15) is 9.36 Å². The maximum absolute atomic E-state index is 13.6. The highest BCUT2D eigenvalue weighted by Crippen LogP contribution is 2.52. The zero-order valence-corrected chi connectivity index (χ0v) is 23.0. The molecule has 2 aromatic heterocycles. The second kappa shape index (κ2) is 11.7. The molecule has 2 atom stereocenters. The molecule has 1 N–H and O–H groups in total. The quantitative estimate of drug-likeness (QED) is 0.153. The number of nitrogens with one attached hydrogen (secondary N) is 1. The van der Waals surface area contributed by atoms with Gasteiger partial charge in [-0.15, -0.1) is 0 Å². The Hall–Kier alpha value is -3.55. The third-order valence-electron chi connectivity index (χ3n) is 7.06. The standard InChI is InChI=1S/C30H31N2O6P/c1-35-30(33)25(18-20-13-15-24-23-11-4-5-12-26(23)38-27(24)19-20)32-28(39(34,36-2)37-3)16-14-22-9-6-8-21-10-7-17-31-29(21)22/h4-13,15,17,19,25,28,32H,14,16,18H2,1-3H3/t25-,28-/m0/s1. The molecule has 8 nitrogen and oxygen atoms in total. The molecule has 39 heavy (non-hydrogen) atoms. The molecule has 0 radical (unpaired) electrons. The van der Waals surface area contributed by atoms with Crippen molar-refractivity contribution in [3.05, 3.63) is 90.1 Å². The number of furan rings is 1. The van der Waals surface area contributed by atoms with Crippen LogP contribution >= 0.6 is 7.60 Å². The number of fused-ring (bicyclic) bond motifs is 4. The van der Waals surface area contributed by atoms with Crippen molar-refractivity contribution in [3.63, 3.8) is 0 Å². The molecule has 0 saturated heterocycles. The Morgan fingerprint density at radius 1 is 0.949 bits per heavy atom. The smallest absolute Gasteiger partial charge is 0.346 e. The summed E-state index contributed by atoms with van der Waals surface area (Å²) in [5.41, 5.74) is 4.29. The molecule has 0 saturated carbocycles. The van der Waals surface area contributed by atoms with Crippen LogP contribution in [-0.2, 0) is 36.0 Å². The van der Waals surface area contributed by atoms with E-state index >= 15 is 0 Å². The number of hydrogen-bond acceptors (Lipinski definition) is 8. The Morgan fingerprint density at radius 2 is 1.72 bits per heavy atom. The van der Waals surface area contributed by atoms with Gasteiger partial charge in [0.2, 0.25) is 0 Å². The fraction of sp³-hybridized carbons (Fsp3) is 0.267. The van der Waals surface area contributed by atoms with Gasteiger partial charge in [0, 0.05) is 36.6 Å². The van der Waals surface area contributed by atoms with Gasteiger partial charge in [-0.05, 0) is 48.6 Å². The molecule has 3 aromatic carbocycles. The average Bonchev–Trinajstić information content (AvgIpc) is 3.35. The van der Waals surface area contributed by atoms with E-state index in [1.165, 1.54) is 21.3 Å². The molecular formula is C30H31N2O6P. The molecule has 0 aliphatic heterocycles. The molecule has 202 valence electrons. The van der Waals surface area contributed by atoms with E-state index in [1.54, 1.807) is 6.20 Å². The molecule has 0 aliphatic carbocycles. The van der Waals surface area contributed by atoms with Crippen molar-refractivity contribution in [1.82, 2.24) is 10.3 Å². The van der Waals surface area contributed by atoms with Gasteiger partial charge in [0.05, 0.1) is 12.6 Å². The summed E-state index contributed by atoms with van der Waals surface area (Å²) in [4.78, 5) is 17.4. The Kier molecular flexibility index (Phi) is 8.10. The summed E-state index contributed by atoms with van der Waals surface area (Å²) >= 11 is 0. The van der Waals surface area contributed by atoms with Crippen LogP contribution in [0.25, 0.3) is 32.8 Å². The maximum Gasteiger partial charge on any atom is 0.346 e. The average molecular weight is 547 g/mol. The summed E-state index contributed by atoms with van der Waals surface area (Å²) in [5, 5.41) is 6.31. The van der Waals surface area contributed by atoms with E-state index in [4.69, 9.17) is 18.2 Å². The van der Waals surface area contributed by atoms with Crippen LogP contribution in [0.5, 0.6) is 0 Å². The van der Waals surface area contributed by atoms with Gasteiger partial charge in [-0.1, -0.05) is 54.6 Å². The molecule has 5 rings (SSSR count). The molecule has 0 bridgehead atoms. The molecule has 0 spiro atoms. The van der Waals surface area contributed by atoms with Gasteiger partial charge in [-0.25, -0.2) is 0 Å². The van der Waals surface area contributed by atoms with Gasteiger partial charge >= 0.3 is 13.6 Å². The highest BCUT2D eigenvalue weighted by Gasteiger charge is 2.37. The zero-order chi connectivity index (χ0) is 27.4. The number of aromatic nitrogens is 1. The number of rotatable bonds is 11. The van der Waals surface area contributed by atoms with E-state index in [0.717, 1.165) is 44.0 Å². The Bertz CT molecular complexity index is 1650. The summed E-state index contributed by atoms with van der Waals surface area (Å²) in [7, 11) is 0.418. The lowest BCUT2D eigenvalue weighted by Crippen LogP contribution is -2.45. The third kappa shape index (κ3) is 5.60. The van der Waals surface area contributed by atoms with E-state index in [1.807, 2.05) is 72.8 Å². The minimum atomic E-state index is -3.61. The highest BCUT2D eigenvalue weighted by molar-refractivity contribution is 7.54. The molecule has 0 fully saturated rings. The van der Waals surface area contributed by atoms with Crippen LogP contribution in [0.3, 0.4) is 0 Å². The van der Waals surface area contributed by atoms with E-state index < -0.39 is 25.4 Å². The number of nitrogens with zero attached hydrogens (tertiary/aromatic N) is 1. The molecule has 0 amide bonds. The van der Waals surface area contributed by atoms with Gasteiger partial charge in [0.1, 0.15) is 23.0 Å². The van der Waals surface area contributed by atoms with Gasteiger partial charge in [-0.2, -0.15) is 0 Å². The number of benzene rings is 3. The van der Waals surface area contributed by atoms with Crippen molar-refractivity contribution in [1.29, 1.82) is 0 Å². The molecule has 0 unspecified atom stereocenters. The van der Waals surface area contributed by atoms with Crippen molar-refractivity contribution in [2.24, 2.45) is 0 Å². The monoisotopic (exact) mass is 546 g/mol. The fourth-order valence-corrected chi connectivity index (χ4v) is 6.51.